The highest BCUT2D eigenvalue weighted by atomic mass is 15.2. The van der Waals surface area contributed by atoms with E-state index in [-0.39, 0.29) is 0 Å². The molecule has 0 aliphatic rings. The Morgan fingerprint density at radius 2 is 2.13 bits per heavy atom. The van der Waals surface area contributed by atoms with E-state index in [1.54, 1.807) is 0 Å². The number of aryl methyl sites for hydroxylation is 1. The van der Waals surface area contributed by atoms with Crippen LogP contribution in [-0.2, 0) is 13.5 Å². The van der Waals surface area contributed by atoms with E-state index in [1.807, 2.05) is 31.2 Å². The van der Waals surface area contributed by atoms with Gasteiger partial charge in [0.05, 0.1) is 6.20 Å². The summed E-state index contributed by atoms with van der Waals surface area (Å²) in [5.41, 5.74) is 1.24. The quantitative estimate of drug-likeness (QED) is 0.508. The van der Waals surface area contributed by atoms with Gasteiger partial charge in [0.1, 0.15) is 0 Å². The number of nitrogens with one attached hydrogen (secondary N) is 2. The maximum atomic E-state index is 4.30. The molecule has 0 aliphatic heterocycles. The minimum atomic E-state index is 0.426. The predicted molar refractivity (Wildman–Crippen MR) is 97.9 cm³/mol. The van der Waals surface area contributed by atoms with Gasteiger partial charge < -0.3 is 15.5 Å². The Hall–Kier alpha value is -1.56. The number of nitrogens with zero attached hydrogens (tertiary/aromatic N) is 4. The van der Waals surface area contributed by atoms with Crippen LogP contribution in [0.4, 0.5) is 0 Å². The Labute approximate surface area is 141 Å². The van der Waals surface area contributed by atoms with Crippen LogP contribution in [0.25, 0.3) is 0 Å². The molecule has 2 N–H and O–H groups in total. The molecular formula is C17H34N6. The minimum Gasteiger partial charge on any atom is -0.356 e. The van der Waals surface area contributed by atoms with Crippen LogP contribution >= 0.6 is 0 Å². The van der Waals surface area contributed by atoms with Crippen LogP contribution in [0.5, 0.6) is 0 Å². The highest BCUT2D eigenvalue weighted by molar-refractivity contribution is 5.79. The summed E-state index contributed by atoms with van der Waals surface area (Å²) < 4.78 is 1.83. The first-order valence-electron chi connectivity index (χ1n) is 8.76. The third kappa shape index (κ3) is 8.02. The van der Waals surface area contributed by atoms with Crippen LogP contribution in [0.15, 0.2) is 17.4 Å². The van der Waals surface area contributed by atoms with Crippen molar-refractivity contribution in [1.29, 1.82) is 0 Å². The van der Waals surface area contributed by atoms with Crippen molar-refractivity contribution in [3.63, 3.8) is 0 Å². The molecule has 1 heterocycles. The molecule has 132 valence electrons. The fraction of sp³-hybridized carbons (Fsp3) is 0.765. The molecule has 23 heavy (non-hydrogen) atoms. The molecule has 0 aromatic carbocycles. The Bertz CT molecular complexity index is 450. The van der Waals surface area contributed by atoms with Crippen LogP contribution in [0.2, 0.25) is 0 Å². The van der Waals surface area contributed by atoms with Crippen LogP contribution in [0.1, 0.15) is 39.2 Å². The second-order valence-electron chi connectivity index (χ2n) is 5.99. The summed E-state index contributed by atoms with van der Waals surface area (Å²) in [4.78, 5) is 6.77. The Morgan fingerprint density at radius 3 is 2.70 bits per heavy atom. The highest BCUT2D eigenvalue weighted by Crippen LogP contribution is 2.00. The van der Waals surface area contributed by atoms with Crippen molar-refractivity contribution in [2.24, 2.45) is 12.0 Å². The molecule has 1 aromatic heterocycles. The Morgan fingerprint density at radius 1 is 1.39 bits per heavy atom. The van der Waals surface area contributed by atoms with E-state index in [1.165, 1.54) is 18.5 Å². The van der Waals surface area contributed by atoms with E-state index in [2.05, 4.69) is 46.4 Å². The summed E-state index contributed by atoms with van der Waals surface area (Å²) in [6.07, 6.45) is 7.27. The van der Waals surface area contributed by atoms with Crippen LogP contribution < -0.4 is 10.6 Å². The molecule has 1 aromatic rings. The summed E-state index contributed by atoms with van der Waals surface area (Å²) >= 11 is 0. The van der Waals surface area contributed by atoms with Gasteiger partial charge >= 0.3 is 0 Å². The van der Waals surface area contributed by atoms with E-state index in [0.29, 0.717) is 6.04 Å². The van der Waals surface area contributed by atoms with Crippen molar-refractivity contribution in [1.82, 2.24) is 25.3 Å². The molecule has 1 unspecified atom stereocenters. The van der Waals surface area contributed by atoms with Crippen molar-refractivity contribution >= 4 is 5.96 Å². The fourth-order valence-electron chi connectivity index (χ4n) is 2.59. The summed E-state index contributed by atoms with van der Waals surface area (Å²) in [5.74, 6) is 0.879. The molecule has 0 radical (unpaired) electrons. The average Bonchev–Trinajstić information content (AvgIpc) is 2.96. The van der Waals surface area contributed by atoms with Crippen molar-refractivity contribution in [2.75, 3.05) is 33.2 Å². The molecule has 0 saturated carbocycles. The van der Waals surface area contributed by atoms with E-state index in [0.717, 1.165) is 38.4 Å². The largest absolute Gasteiger partial charge is 0.356 e. The van der Waals surface area contributed by atoms with Gasteiger partial charge in [0, 0.05) is 32.9 Å². The number of hydrogen-bond donors (Lipinski definition) is 2. The molecule has 1 atom stereocenters. The van der Waals surface area contributed by atoms with Gasteiger partial charge in [-0.25, -0.2) is 0 Å². The van der Waals surface area contributed by atoms with Crippen LogP contribution in [0.3, 0.4) is 0 Å². The average molecular weight is 323 g/mol. The van der Waals surface area contributed by atoms with Gasteiger partial charge in [-0.1, -0.05) is 13.8 Å². The van der Waals surface area contributed by atoms with Crippen molar-refractivity contribution < 1.29 is 0 Å². The lowest BCUT2D eigenvalue weighted by molar-refractivity contribution is 0.292. The summed E-state index contributed by atoms with van der Waals surface area (Å²) in [7, 11) is 3.76. The topological polar surface area (TPSA) is 57.5 Å². The predicted octanol–water partition coefficient (Wildman–Crippen LogP) is 1.64. The zero-order valence-electron chi connectivity index (χ0n) is 15.5. The summed E-state index contributed by atoms with van der Waals surface area (Å²) in [6.45, 7) is 11.0. The van der Waals surface area contributed by atoms with Gasteiger partial charge in [-0.05, 0) is 51.4 Å². The standard InChI is InChI=1S/C17H34N6/c1-6-23(7-2)12-8-9-15(3)21-17(18-4)19-11-10-16-13-20-22(5)14-16/h13-15H,6-12H2,1-5H3,(H2,18,19,21). The number of aliphatic imine (C=N–C) groups is 1. The monoisotopic (exact) mass is 322 g/mol. The van der Waals surface area contributed by atoms with E-state index in [9.17, 15) is 0 Å². The van der Waals surface area contributed by atoms with Gasteiger partial charge in [0.25, 0.3) is 0 Å². The van der Waals surface area contributed by atoms with Crippen molar-refractivity contribution in [2.45, 2.75) is 46.1 Å². The van der Waals surface area contributed by atoms with Crippen LogP contribution in [0, 0.1) is 0 Å². The second kappa shape index (κ2) is 11.0. The molecule has 0 spiro atoms. The lowest BCUT2D eigenvalue weighted by atomic mass is 10.2. The first kappa shape index (κ1) is 19.5. The molecule has 0 bridgehead atoms. The van der Waals surface area contributed by atoms with E-state index in [4.69, 9.17) is 0 Å². The lowest BCUT2D eigenvalue weighted by Crippen LogP contribution is -2.43. The third-order valence-electron chi connectivity index (χ3n) is 4.08. The maximum Gasteiger partial charge on any atom is 0.191 e. The molecular weight excluding hydrogens is 288 g/mol. The molecule has 6 nitrogen and oxygen atoms in total. The maximum absolute atomic E-state index is 4.30. The van der Waals surface area contributed by atoms with Gasteiger partial charge in [-0.3, -0.25) is 9.67 Å². The van der Waals surface area contributed by atoms with Gasteiger partial charge in [0.2, 0.25) is 0 Å². The molecule has 1 rings (SSSR count). The summed E-state index contributed by atoms with van der Waals surface area (Å²) in [6, 6.07) is 0.426. The Balaban J connectivity index is 2.21. The number of rotatable bonds is 10. The van der Waals surface area contributed by atoms with E-state index < -0.39 is 0 Å². The van der Waals surface area contributed by atoms with Crippen LogP contribution in [-0.4, -0.2) is 59.9 Å². The lowest BCUT2D eigenvalue weighted by Gasteiger charge is -2.21. The third-order valence-corrected chi connectivity index (χ3v) is 4.08. The van der Waals surface area contributed by atoms with Crippen molar-refractivity contribution in [3.05, 3.63) is 18.0 Å². The molecule has 0 saturated heterocycles. The number of aromatic nitrogens is 2. The number of guanidine groups is 1. The first-order valence-corrected chi connectivity index (χ1v) is 8.76. The van der Waals surface area contributed by atoms with Gasteiger partial charge in [0.15, 0.2) is 5.96 Å². The zero-order chi connectivity index (χ0) is 17.1. The summed E-state index contributed by atoms with van der Waals surface area (Å²) in [5, 5.41) is 11.0. The van der Waals surface area contributed by atoms with Gasteiger partial charge in [-0.2, -0.15) is 5.10 Å². The fourth-order valence-corrected chi connectivity index (χ4v) is 2.59. The Kier molecular flexibility index (Phi) is 9.36. The number of hydrogen-bond acceptors (Lipinski definition) is 3. The smallest absolute Gasteiger partial charge is 0.191 e. The first-order chi connectivity index (χ1) is 11.1. The van der Waals surface area contributed by atoms with E-state index >= 15 is 0 Å². The van der Waals surface area contributed by atoms with Crippen molar-refractivity contribution in [3.8, 4) is 0 Å². The zero-order valence-corrected chi connectivity index (χ0v) is 15.5. The highest BCUT2D eigenvalue weighted by Gasteiger charge is 2.06. The molecule has 0 aliphatic carbocycles. The second-order valence-corrected chi connectivity index (χ2v) is 5.99. The SMILES string of the molecule is CCN(CC)CCCC(C)NC(=NC)NCCc1cnn(C)c1. The molecule has 0 amide bonds. The minimum absolute atomic E-state index is 0.426. The normalized spacial score (nSPS) is 13.4. The molecule has 6 heteroatoms. The molecule has 0 fully saturated rings. The van der Waals surface area contributed by atoms with Gasteiger partial charge in [-0.15, -0.1) is 0 Å².